The number of sulfonamides is 1. The summed E-state index contributed by atoms with van der Waals surface area (Å²) < 4.78 is 24.5. The lowest BCUT2D eigenvalue weighted by atomic mass is 10.1. The van der Waals surface area contributed by atoms with Gasteiger partial charge in [-0.2, -0.15) is 0 Å². The molecule has 0 fully saturated rings. The van der Waals surface area contributed by atoms with Crippen molar-refractivity contribution >= 4 is 15.9 Å². The summed E-state index contributed by atoms with van der Waals surface area (Å²) in [5, 5.41) is 8.03. The second kappa shape index (κ2) is 7.61. The van der Waals surface area contributed by atoms with Crippen LogP contribution in [0.3, 0.4) is 0 Å². The number of aryl methyl sites for hydroxylation is 1. The van der Waals surface area contributed by atoms with Gasteiger partial charge in [-0.15, -0.1) is 0 Å². The van der Waals surface area contributed by atoms with E-state index in [1.54, 1.807) is 4.57 Å². The highest BCUT2D eigenvalue weighted by atomic mass is 32.2. The first kappa shape index (κ1) is 17.7. The molecule has 7 heteroatoms. The van der Waals surface area contributed by atoms with Gasteiger partial charge in [-0.3, -0.25) is 4.79 Å². The van der Waals surface area contributed by atoms with Gasteiger partial charge >= 0.3 is 0 Å². The van der Waals surface area contributed by atoms with Gasteiger partial charge in [0.15, 0.2) is 0 Å². The molecule has 1 heterocycles. The summed E-state index contributed by atoms with van der Waals surface area (Å²) in [6.45, 7) is 6.57. The van der Waals surface area contributed by atoms with Crippen molar-refractivity contribution in [2.45, 2.75) is 63.9 Å². The fourth-order valence-electron chi connectivity index (χ4n) is 2.14. The summed E-state index contributed by atoms with van der Waals surface area (Å²) in [5.74, 6) is -0.262. The van der Waals surface area contributed by atoms with Crippen LogP contribution in [0.2, 0.25) is 0 Å². The molecule has 1 aromatic rings. The maximum absolute atomic E-state index is 12.3. The summed E-state index contributed by atoms with van der Waals surface area (Å²) >= 11 is 0. The number of aromatic nitrogens is 1. The van der Waals surface area contributed by atoms with Crippen LogP contribution >= 0.6 is 0 Å². The van der Waals surface area contributed by atoms with Crippen molar-refractivity contribution in [1.82, 2.24) is 9.88 Å². The second-order valence-electron chi connectivity index (χ2n) is 5.32. The van der Waals surface area contributed by atoms with Crippen molar-refractivity contribution in [3.63, 3.8) is 0 Å². The molecule has 1 unspecified atom stereocenters. The minimum Gasteiger partial charge on any atom is -0.348 e. The van der Waals surface area contributed by atoms with Gasteiger partial charge in [0, 0.05) is 18.8 Å². The normalized spacial score (nSPS) is 13.1. The van der Waals surface area contributed by atoms with Crippen molar-refractivity contribution in [2.24, 2.45) is 5.14 Å². The Bertz CT molecular complexity index is 578. The largest absolute Gasteiger partial charge is 0.348 e. The number of nitrogens with zero attached hydrogens (tertiary/aromatic N) is 1. The number of amides is 1. The molecule has 21 heavy (non-hydrogen) atoms. The number of hydrogen-bond acceptors (Lipinski definition) is 3. The highest BCUT2D eigenvalue weighted by molar-refractivity contribution is 7.89. The SMILES string of the molecule is CCCCC(C)NC(=O)c1cc(S(N)(=O)=O)cn1CCC. The van der Waals surface area contributed by atoms with Crippen LogP contribution in [0.25, 0.3) is 0 Å². The van der Waals surface area contributed by atoms with Crippen LogP contribution in [0, 0.1) is 0 Å². The van der Waals surface area contributed by atoms with Crippen LogP contribution in [0.4, 0.5) is 0 Å². The first-order chi connectivity index (χ1) is 9.79. The number of carbonyl (C=O) groups excluding carboxylic acids is 1. The zero-order valence-corrected chi connectivity index (χ0v) is 13.7. The molecule has 0 radical (unpaired) electrons. The van der Waals surface area contributed by atoms with Crippen LogP contribution in [-0.4, -0.2) is 24.9 Å². The van der Waals surface area contributed by atoms with E-state index in [-0.39, 0.29) is 16.8 Å². The number of hydrogen-bond donors (Lipinski definition) is 2. The van der Waals surface area contributed by atoms with E-state index < -0.39 is 10.0 Å². The zero-order chi connectivity index (χ0) is 16.0. The molecule has 1 rings (SSSR count). The standard InChI is InChI=1S/C14H25N3O3S/c1-4-6-7-11(3)16-14(18)13-9-12(21(15,19)20)10-17(13)8-5-2/h9-11H,4-8H2,1-3H3,(H,16,18)(H2,15,19,20). The van der Waals surface area contributed by atoms with Crippen LogP contribution in [0.1, 0.15) is 56.9 Å². The average molecular weight is 315 g/mol. The van der Waals surface area contributed by atoms with Gasteiger partial charge in [-0.25, -0.2) is 13.6 Å². The molecule has 0 saturated heterocycles. The lowest BCUT2D eigenvalue weighted by Crippen LogP contribution is -2.33. The summed E-state index contributed by atoms with van der Waals surface area (Å²) in [5.41, 5.74) is 0.337. The van der Waals surface area contributed by atoms with Crippen LogP contribution < -0.4 is 10.5 Å². The van der Waals surface area contributed by atoms with Crippen molar-refractivity contribution in [3.05, 3.63) is 18.0 Å². The first-order valence-corrected chi connectivity index (χ1v) is 8.88. The van der Waals surface area contributed by atoms with Gasteiger partial charge in [-0.1, -0.05) is 26.7 Å². The highest BCUT2D eigenvalue weighted by Crippen LogP contribution is 2.14. The van der Waals surface area contributed by atoms with E-state index >= 15 is 0 Å². The van der Waals surface area contributed by atoms with Gasteiger partial charge in [0.05, 0.1) is 0 Å². The second-order valence-corrected chi connectivity index (χ2v) is 6.88. The Kier molecular flexibility index (Phi) is 6.42. The monoisotopic (exact) mass is 315 g/mol. The minimum atomic E-state index is -3.80. The number of nitrogens with one attached hydrogen (secondary N) is 1. The molecule has 6 nitrogen and oxygen atoms in total. The lowest BCUT2D eigenvalue weighted by molar-refractivity contribution is 0.0928. The summed E-state index contributed by atoms with van der Waals surface area (Å²) in [6, 6.07) is 1.40. The molecular weight excluding hydrogens is 290 g/mol. The maximum Gasteiger partial charge on any atom is 0.268 e. The van der Waals surface area contributed by atoms with E-state index in [2.05, 4.69) is 12.2 Å². The Hall–Kier alpha value is -1.34. The summed E-state index contributed by atoms with van der Waals surface area (Å²) in [4.78, 5) is 12.3. The number of primary sulfonamides is 1. The van der Waals surface area contributed by atoms with Gasteiger partial charge < -0.3 is 9.88 Å². The fraction of sp³-hybridized carbons (Fsp3) is 0.643. The smallest absolute Gasteiger partial charge is 0.268 e. The number of rotatable bonds is 8. The number of unbranched alkanes of at least 4 members (excludes halogenated alkanes) is 1. The lowest BCUT2D eigenvalue weighted by Gasteiger charge is -2.14. The van der Waals surface area contributed by atoms with Crippen molar-refractivity contribution < 1.29 is 13.2 Å². The summed E-state index contributed by atoms with van der Waals surface area (Å²) in [7, 11) is -3.80. The first-order valence-electron chi connectivity index (χ1n) is 7.33. The van der Waals surface area contributed by atoms with Gasteiger partial charge in [-0.05, 0) is 25.8 Å². The van der Waals surface area contributed by atoms with E-state index in [1.807, 2.05) is 13.8 Å². The maximum atomic E-state index is 12.3. The quantitative estimate of drug-likeness (QED) is 0.766. The van der Waals surface area contributed by atoms with Crippen molar-refractivity contribution in [1.29, 1.82) is 0 Å². The zero-order valence-electron chi connectivity index (χ0n) is 12.9. The summed E-state index contributed by atoms with van der Waals surface area (Å²) in [6.07, 6.45) is 5.23. The van der Waals surface area contributed by atoms with Gasteiger partial charge in [0.2, 0.25) is 10.0 Å². The molecule has 1 aromatic heterocycles. The third-order valence-corrected chi connectivity index (χ3v) is 4.15. The molecule has 3 N–H and O–H groups in total. The average Bonchev–Trinajstić information content (AvgIpc) is 2.81. The molecule has 0 bridgehead atoms. The van der Waals surface area contributed by atoms with Crippen molar-refractivity contribution in [2.75, 3.05) is 0 Å². The van der Waals surface area contributed by atoms with Crippen LogP contribution in [0.5, 0.6) is 0 Å². The van der Waals surface area contributed by atoms with Crippen LogP contribution in [0.15, 0.2) is 17.2 Å². The Labute approximate surface area is 126 Å². The van der Waals surface area contributed by atoms with Crippen LogP contribution in [-0.2, 0) is 16.6 Å². The van der Waals surface area contributed by atoms with E-state index in [4.69, 9.17) is 5.14 Å². The third kappa shape index (κ3) is 5.17. The predicted octanol–water partition coefficient (Wildman–Crippen LogP) is 1.85. The minimum absolute atomic E-state index is 0.0256. The van der Waals surface area contributed by atoms with Crippen molar-refractivity contribution in [3.8, 4) is 0 Å². The molecule has 0 saturated carbocycles. The van der Waals surface area contributed by atoms with E-state index in [0.717, 1.165) is 25.7 Å². The number of nitrogens with two attached hydrogens (primary N) is 1. The molecular formula is C14H25N3O3S. The van der Waals surface area contributed by atoms with E-state index in [1.165, 1.54) is 12.3 Å². The predicted molar refractivity (Wildman–Crippen MR) is 82.5 cm³/mol. The third-order valence-electron chi connectivity index (χ3n) is 3.27. The Morgan fingerprint density at radius 1 is 1.38 bits per heavy atom. The Balaban J connectivity index is 2.94. The van der Waals surface area contributed by atoms with Gasteiger partial charge in [0.1, 0.15) is 10.6 Å². The van der Waals surface area contributed by atoms with E-state index in [9.17, 15) is 13.2 Å². The Morgan fingerprint density at radius 2 is 2.05 bits per heavy atom. The highest BCUT2D eigenvalue weighted by Gasteiger charge is 2.19. The molecule has 1 atom stereocenters. The molecule has 0 spiro atoms. The molecule has 0 aromatic carbocycles. The molecule has 0 aliphatic heterocycles. The fourth-order valence-corrected chi connectivity index (χ4v) is 2.69. The molecule has 0 aliphatic rings. The molecule has 1 amide bonds. The van der Waals surface area contributed by atoms with Gasteiger partial charge in [0.25, 0.3) is 5.91 Å². The molecule has 120 valence electrons. The molecule has 0 aliphatic carbocycles. The van der Waals surface area contributed by atoms with E-state index in [0.29, 0.717) is 12.2 Å². The topological polar surface area (TPSA) is 94.2 Å². The Morgan fingerprint density at radius 3 is 2.57 bits per heavy atom. The number of carbonyl (C=O) groups is 1.